The number of fused-ring (bicyclic) bond motifs is 1. The number of nitrogens with zero attached hydrogens (tertiary/aromatic N) is 1. The zero-order chi connectivity index (χ0) is 19.2. The number of aliphatic hydroxyl groups is 2. The molecule has 0 saturated carbocycles. The summed E-state index contributed by atoms with van der Waals surface area (Å²) in [4.78, 5) is 25.5. The minimum absolute atomic E-state index is 0.0599. The number of hydrogen-bond donors (Lipinski definition) is 5. The maximum absolute atomic E-state index is 12.4. The molecule has 0 aliphatic carbocycles. The highest BCUT2D eigenvalue weighted by Crippen LogP contribution is 2.52. The number of rotatable bonds is 6. The number of hydrogen-bond acceptors (Lipinski definition) is 8. The average Bonchev–Trinajstić information content (AvgIpc) is 3.10. The molecule has 3 aliphatic heterocycles. The molecule has 3 aliphatic rings. The van der Waals surface area contributed by atoms with Crippen LogP contribution in [0.25, 0.3) is 0 Å². The highest BCUT2D eigenvalue weighted by Gasteiger charge is 2.60. The topological polar surface area (TPSA) is 145 Å². The molecule has 0 aromatic rings. The minimum Gasteiger partial charge on any atom is -0.449 e. The van der Waals surface area contributed by atoms with Gasteiger partial charge in [0, 0.05) is 30.3 Å². The molecule has 1 amide bonds. The number of carbonyl (C=O) groups is 2. The standard InChI is InChI=1S/C16H25N3O6S/c1-6-12-11(7(2)20)14(22)19(12)15(25-16(23)24)13(6)26-8-3-9(18-5-8)10(21)4-17/h6-12,18,20-21H,3-5,17H2,1-2H3,(H,23,24)/t6-,7-,8+,9+,10?,11-,12+/m1/s1. The van der Waals surface area contributed by atoms with Gasteiger partial charge in [0.1, 0.15) is 0 Å². The Labute approximate surface area is 155 Å². The first-order chi connectivity index (χ1) is 12.3. The summed E-state index contributed by atoms with van der Waals surface area (Å²) in [6.45, 7) is 4.28. The van der Waals surface area contributed by atoms with Gasteiger partial charge in [0.25, 0.3) is 0 Å². The summed E-state index contributed by atoms with van der Waals surface area (Å²) in [5.74, 6) is -0.941. The van der Waals surface area contributed by atoms with Crippen molar-refractivity contribution in [1.29, 1.82) is 0 Å². The normalized spacial score (nSPS) is 36.0. The number of carbonyl (C=O) groups excluding carboxylic acids is 1. The Morgan fingerprint density at radius 3 is 2.77 bits per heavy atom. The van der Waals surface area contributed by atoms with E-state index in [1.54, 1.807) is 6.92 Å². The SMILES string of the molecule is C[C@@H](O)[C@H]1C(=O)N2C(OC(=O)O)=C(S[C@@H]3CN[C@H](C(O)CN)C3)[C@H](C)[C@@H]12. The van der Waals surface area contributed by atoms with E-state index in [1.807, 2.05) is 6.92 Å². The molecule has 3 rings (SSSR count). The van der Waals surface area contributed by atoms with Crippen LogP contribution in [-0.2, 0) is 9.53 Å². The third-order valence-electron chi connectivity index (χ3n) is 5.37. The van der Waals surface area contributed by atoms with Gasteiger partial charge in [-0.3, -0.25) is 9.69 Å². The number of β-lactam (4-membered cyclic amide) rings is 1. The third-order valence-corrected chi connectivity index (χ3v) is 6.86. The highest BCUT2D eigenvalue weighted by molar-refractivity contribution is 8.03. The summed E-state index contributed by atoms with van der Waals surface area (Å²) in [7, 11) is 0. The first kappa shape index (κ1) is 19.4. The third kappa shape index (κ3) is 3.20. The van der Waals surface area contributed by atoms with Crippen LogP contribution in [0.4, 0.5) is 4.79 Å². The van der Waals surface area contributed by atoms with E-state index in [1.165, 1.54) is 16.7 Å². The van der Waals surface area contributed by atoms with E-state index in [0.717, 1.165) is 0 Å². The zero-order valence-corrected chi connectivity index (χ0v) is 15.5. The molecule has 0 bridgehead atoms. The second kappa shape index (κ2) is 7.35. The van der Waals surface area contributed by atoms with Crippen molar-refractivity contribution in [2.75, 3.05) is 13.1 Å². The molecule has 0 aromatic heterocycles. The predicted octanol–water partition coefficient (Wildman–Crippen LogP) is -0.509. The molecule has 9 nitrogen and oxygen atoms in total. The van der Waals surface area contributed by atoms with Crippen molar-refractivity contribution >= 4 is 23.8 Å². The quantitative estimate of drug-likeness (QED) is 0.300. The van der Waals surface area contributed by atoms with E-state index in [0.29, 0.717) is 17.9 Å². The number of aliphatic hydroxyl groups excluding tert-OH is 2. The first-order valence-electron chi connectivity index (χ1n) is 8.70. The van der Waals surface area contributed by atoms with Crippen LogP contribution < -0.4 is 11.1 Å². The number of ether oxygens (including phenoxy) is 1. The molecular weight excluding hydrogens is 362 g/mol. The second-order valence-corrected chi connectivity index (χ2v) is 8.43. The molecule has 6 N–H and O–H groups in total. The summed E-state index contributed by atoms with van der Waals surface area (Å²) in [6.07, 6.45) is -2.23. The van der Waals surface area contributed by atoms with Crippen LogP contribution in [0.3, 0.4) is 0 Å². The molecule has 146 valence electrons. The van der Waals surface area contributed by atoms with Gasteiger partial charge in [0.15, 0.2) is 0 Å². The van der Waals surface area contributed by atoms with Crippen LogP contribution in [0, 0.1) is 11.8 Å². The Morgan fingerprint density at radius 1 is 1.50 bits per heavy atom. The lowest BCUT2D eigenvalue weighted by Gasteiger charge is -2.45. The van der Waals surface area contributed by atoms with E-state index in [2.05, 4.69) is 5.32 Å². The van der Waals surface area contributed by atoms with Crippen LogP contribution in [-0.4, -0.2) is 74.9 Å². The maximum Gasteiger partial charge on any atom is 0.512 e. The molecule has 26 heavy (non-hydrogen) atoms. The van der Waals surface area contributed by atoms with Gasteiger partial charge < -0.3 is 31.1 Å². The minimum atomic E-state index is -1.47. The molecular formula is C16H25N3O6S. The van der Waals surface area contributed by atoms with E-state index in [-0.39, 0.29) is 41.6 Å². The average molecular weight is 387 g/mol. The van der Waals surface area contributed by atoms with Crippen LogP contribution in [0.2, 0.25) is 0 Å². The van der Waals surface area contributed by atoms with Crippen molar-refractivity contribution in [3.05, 3.63) is 10.8 Å². The summed E-state index contributed by atoms with van der Waals surface area (Å²) >= 11 is 1.47. The zero-order valence-electron chi connectivity index (χ0n) is 14.7. The van der Waals surface area contributed by atoms with Gasteiger partial charge in [-0.1, -0.05) is 6.92 Å². The molecule has 3 heterocycles. The van der Waals surface area contributed by atoms with Crippen molar-refractivity contribution in [1.82, 2.24) is 10.2 Å². The summed E-state index contributed by atoms with van der Waals surface area (Å²) < 4.78 is 4.94. The second-order valence-electron chi connectivity index (χ2n) is 7.08. The number of nitrogens with two attached hydrogens (primary N) is 1. The fourth-order valence-corrected chi connectivity index (χ4v) is 5.50. The molecule has 2 saturated heterocycles. The maximum atomic E-state index is 12.4. The van der Waals surface area contributed by atoms with Gasteiger partial charge in [-0.15, -0.1) is 11.8 Å². The molecule has 2 fully saturated rings. The summed E-state index contributed by atoms with van der Waals surface area (Å²) in [5.41, 5.74) is 5.50. The Kier molecular flexibility index (Phi) is 5.50. The first-order valence-corrected chi connectivity index (χ1v) is 9.58. The fraction of sp³-hybridized carbons (Fsp3) is 0.750. The van der Waals surface area contributed by atoms with Crippen molar-refractivity contribution in [2.24, 2.45) is 17.6 Å². The van der Waals surface area contributed by atoms with E-state index in [4.69, 9.17) is 15.6 Å². The Morgan fingerprint density at radius 2 is 2.19 bits per heavy atom. The molecule has 0 radical (unpaired) electrons. The molecule has 0 spiro atoms. The van der Waals surface area contributed by atoms with Gasteiger partial charge in [0.2, 0.25) is 11.8 Å². The number of carboxylic acid groups (broad SMARTS) is 1. The van der Waals surface area contributed by atoms with Crippen molar-refractivity contribution in [3.8, 4) is 0 Å². The smallest absolute Gasteiger partial charge is 0.449 e. The van der Waals surface area contributed by atoms with E-state index < -0.39 is 24.3 Å². The van der Waals surface area contributed by atoms with Gasteiger partial charge >= 0.3 is 6.16 Å². The number of amides is 1. The Balaban J connectivity index is 1.79. The highest BCUT2D eigenvalue weighted by atomic mass is 32.2. The molecule has 0 aromatic carbocycles. The summed E-state index contributed by atoms with van der Waals surface area (Å²) in [6, 6.07) is -0.401. The van der Waals surface area contributed by atoms with Crippen molar-refractivity contribution < 1.29 is 29.6 Å². The van der Waals surface area contributed by atoms with Crippen LogP contribution in [0.1, 0.15) is 20.3 Å². The Bertz CT molecular complexity index is 627. The van der Waals surface area contributed by atoms with Gasteiger partial charge in [-0.25, -0.2) is 4.79 Å². The van der Waals surface area contributed by atoms with E-state index in [9.17, 15) is 19.8 Å². The largest absolute Gasteiger partial charge is 0.512 e. The Hall–Kier alpha value is -1.33. The van der Waals surface area contributed by atoms with Crippen LogP contribution in [0.5, 0.6) is 0 Å². The molecule has 10 heteroatoms. The van der Waals surface area contributed by atoms with Crippen molar-refractivity contribution in [2.45, 2.75) is 49.8 Å². The lowest BCUT2D eigenvalue weighted by Crippen LogP contribution is -2.63. The number of thioether (sulfide) groups is 1. The lowest BCUT2D eigenvalue weighted by molar-refractivity contribution is -0.163. The van der Waals surface area contributed by atoms with Gasteiger partial charge in [0.05, 0.1) is 29.1 Å². The molecule has 7 atom stereocenters. The predicted molar refractivity (Wildman–Crippen MR) is 94.0 cm³/mol. The number of nitrogens with one attached hydrogen (secondary N) is 1. The summed E-state index contributed by atoms with van der Waals surface area (Å²) in [5, 5.41) is 32.2. The van der Waals surface area contributed by atoms with Crippen LogP contribution >= 0.6 is 11.8 Å². The van der Waals surface area contributed by atoms with Gasteiger partial charge in [-0.2, -0.15) is 0 Å². The van der Waals surface area contributed by atoms with E-state index >= 15 is 0 Å². The monoisotopic (exact) mass is 387 g/mol. The van der Waals surface area contributed by atoms with Crippen molar-refractivity contribution in [3.63, 3.8) is 0 Å². The van der Waals surface area contributed by atoms with Gasteiger partial charge in [-0.05, 0) is 13.3 Å². The molecule has 1 unspecified atom stereocenters. The van der Waals surface area contributed by atoms with Crippen LogP contribution in [0.15, 0.2) is 10.8 Å². The lowest BCUT2D eigenvalue weighted by atomic mass is 9.79. The fourth-order valence-electron chi connectivity index (χ4n) is 4.06.